The fourth-order valence-electron chi connectivity index (χ4n) is 2.62. The van der Waals surface area contributed by atoms with Crippen LogP contribution in [0.25, 0.3) is 0 Å². The number of aromatic nitrogens is 4. The van der Waals surface area contributed by atoms with Crippen LogP contribution in [-0.4, -0.2) is 57.2 Å². The molecule has 0 atom stereocenters. The second-order valence-corrected chi connectivity index (χ2v) is 13.4. The van der Waals surface area contributed by atoms with Crippen molar-refractivity contribution < 1.29 is 13.8 Å². The molecule has 2 aliphatic heterocycles. The molecule has 2 aromatic heterocycles. The number of aliphatic imine (C=N–C) groups is 3. The largest absolute Gasteiger partial charge is 0.438 e. The molecule has 4 heterocycles. The van der Waals surface area contributed by atoms with Crippen molar-refractivity contribution in [1.29, 1.82) is 0 Å². The van der Waals surface area contributed by atoms with E-state index in [4.69, 9.17) is 16.7 Å². The maximum atomic E-state index is 10.7. The van der Waals surface area contributed by atoms with Gasteiger partial charge in [-0.15, -0.1) is 0 Å². The Morgan fingerprint density at radius 2 is 1.37 bits per heavy atom. The van der Waals surface area contributed by atoms with Gasteiger partial charge in [0, 0.05) is 27.9 Å². The Balaban J connectivity index is 0. The zero-order chi connectivity index (χ0) is 30.2. The molecule has 0 saturated heterocycles. The lowest BCUT2D eigenvalue weighted by molar-refractivity contribution is -0.117. The third kappa shape index (κ3) is 14.8. The van der Waals surface area contributed by atoms with E-state index >= 15 is 0 Å². The summed E-state index contributed by atoms with van der Waals surface area (Å²) in [7, 11) is 0. The molecule has 0 saturated carbocycles. The Labute approximate surface area is 250 Å². The molecule has 4 rings (SSSR count). The maximum absolute atomic E-state index is 10.7. The fourth-order valence-corrected chi connectivity index (χ4v) is 2.75. The molecule has 0 bridgehead atoms. The van der Waals surface area contributed by atoms with Crippen LogP contribution in [0.2, 0.25) is 0 Å². The predicted octanol–water partition coefficient (Wildman–Crippen LogP) is 6.04. The number of aromatic amines is 2. The Bertz CT molecular complexity index is 1230. The number of nitrogens with one attached hydrogen (secondary N) is 3. The number of carbonyl (C=O) groups is 1. The van der Waals surface area contributed by atoms with E-state index in [9.17, 15) is 9.59 Å². The van der Waals surface area contributed by atoms with E-state index < -0.39 is 5.76 Å². The summed E-state index contributed by atoms with van der Waals surface area (Å²) in [6.45, 7) is 25.5. The zero-order valence-electron chi connectivity index (χ0n) is 25.3. The Morgan fingerprint density at radius 1 is 0.805 bits per heavy atom. The molecule has 234 valence electrons. The lowest BCUT2D eigenvalue weighted by Gasteiger charge is -2.17. The van der Waals surface area contributed by atoms with Gasteiger partial charge in [0.1, 0.15) is 24.0 Å². The third-order valence-corrected chi connectivity index (χ3v) is 5.03. The van der Waals surface area contributed by atoms with Crippen molar-refractivity contribution in [3.8, 4) is 0 Å². The minimum atomic E-state index is -0.495. The van der Waals surface area contributed by atoms with Gasteiger partial charge in [-0.1, -0.05) is 103 Å². The average Bonchev–Trinajstić information content (AvgIpc) is 3.55. The molecule has 0 aliphatic carbocycles. The molecular weight excluding hydrogens is 544 g/mol. The first-order valence-electron chi connectivity index (χ1n) is 12.7. The lowest BCUT2D eigenvalue weighted by atomic mass is 9.95. The highest BCUT2D eigenvalue weighted by molar-refractivity contribution is 7.71. The average molecular weight is 597 g/mol. The molecule has 1 amide bonds. The van der Waals surface area contributed by atoms with Gasteiger partial charge in [-0.3, -0.25) is 24.3 Å². The summed E-state index contributed by atoms with van der Waals surface area (Å²) in [5.41, 5.74) is -0.0497. The quantitative estimate of drug-likeness (QED) is 0.312. The number of nitrogens with zero attached hydrogens (tertiary/aromatic N) is 5. The SMILES string of the molecule is C.C.CC(C)(C)C1=NCC(=O)N1.CC(C)(C)C1=NCC=N1.CC(C)(C)c1nc(=S)o[nH]1.CC(C)(C)c1noc(=O)[nH]1. The van der Waals surface area contributed by atoms with E-state index in [-0.39, 0.29) is 47.3 Å². The van der Waals surface area contributed by atoms with Crippen LogP contribution in [0.15, 0.2) is 28.8 Å². The highest BCUT2D eigenvalue weighted by atomic mass is 32.1. The van der Waals surface area contributed by atoms with E-state index in [0.717, 1.165) is 24.0 Å². The van der Waals surface area contributed by atoms with Gasteiger partial charge in [-0.05, 0) is 12.2 Å². The highest BCUT2D eigenvalue weighted by Gasteiger charge is 2.24. The molecule has 0 spiro atoms. The van der Waals surface area contributed by atoms with Crippen LogP contribution >= 0.6 is 12.2 Å². The monoisotopic (exact) mass is 596 g/mol. The summed E-state index contributed by atoms with van der Waals surface area (Å²) in [4.78, 5) is 40.2. The molecule has 0 radical (unpaired) electrons. The maximum Gasteiger partial charge on any atom is 0.438 e. The van der Waals surface area contributed by atoms with E-state index in [1.165, 1.54) is 0 Å². The van der Waals surface area contributed by atoms with Gasteiger partial charge in [0.15, 0.2) is 5.82 Å². The number of amidine groups is 2. The smallest absolute Gasteiger partial charge is 0.348 e. The normalized spacial score (nSPS) is 14.4. The van der Waals surface area contributed by atoms with E-state index in [1.807, 2.05) is 68.5 Å². The van der Waals surface area contributed by atoms with Crippen LogP contribution in [-0.2, 0) is 15.6 Å². The first-order valence-corrected chi connectivity index (χ1v) is 13.1. The third-order valence-electron chi connectivity index (χ3n) is 4.86. The molecule has 3 N–H and O–H groups in total. The molecular formula is C28H52N8O4S. The Hall–Kier alpha value is -3.22. The summed E-state index contributed by atoms with van der Waals surface area (Å²) in [5, 5.41) is 8.90. The van der Waals surface area contributed by atoms with Gasteiger partial charge >= 0.3 is 10.6 Å². The lowest BCUT2D eigenvalue weighted by Crippen LogP contribution is -2.34. The fraction of sp³-hybridized carbons (Fsp3) is 0.714. The van der Waals surface area contributed by atoms with E-state index in [2.05, 4.69) is 65.9 Å². The molecule has 41 heavy (non-hydrogen) atoms. The van der Waals surface area contributed by atoms with Crippen molar-refractivity contribution in [3.05, 3.63) is 27.0 Å². The van der Waals surface area contributed by atoms with E-state index in [0.29, 0.717) is 12.4 Å². The van der Waals surface area contributed by atoms with Crippen molar-refractivity contribution in [2.24, 2.45) is 25.8 Å². The molecule has 0 unspecified atom stereocenters. The Morgan fingerprint density at radius 3 is 1.56 bits per heavy atom. The van der Waals surface area contributed by atoms with Crippen molar-refractivity contribution >= 4 is 36.0 Å². The number of amides is 1. The van der Waals surface area contributed by atoms with Gasteiger partial charge in [0.2, 0.25) is 5.91 Å². The number of H-pyrrole nitrogens is 2. The Kier molecular flexibility index (Phi) is 15.3. The molecule has 0 fully saturated rings. The summed E-state index contributed by atoms with van der Waals surface area (Å²) >= 11 is 4.69. The number of rotatable bonds is 0. The van der Waals surface area contributed by atoms with Crippen molar-refractivity contribution in [3.63, 3.8) is 0 Å². The molecule has 12 nitrogen and oxygen atoms in total. The van der Waals surface area contributed by atoms with Gasteiger partial charge in [0.25, 0.3) is 0 Å². The van der Waals surface area contributed by atoms with Crippen molar-refractivity contribution in [2.75, 3.05) is 13.1 Å². The van der Waals surface area contributed by atoms with Crippen LogP contribution in [0.3, 0.4) is 0 Å². The first kappa shape index (κ1) is 39.9. The number of hydrogen-bond acceptors (Lipinski definition) is 10. The van der Waals surface area contributed by atoms with E-state index in [1.54, 1.807) is 0 Å². The van der Waals surface area contributed by atoms with Gasteiger partial charge in [0.05, 0.1) is 6.54 Å². The molecule has 2 aromatic rings. The number of hydrogen-bond donors (Lipinski definition) is 3. The highest BCUT2D eigenvalue weighted by Crippen LogP contribution is 2.19. The van der Waals surface area contributed by atoms with Gasteiger partial charge in [-0.25, -0.2) is 14.9 Å². The van der Waals surface area contributed by atoms with Crippen LogP contribution in [0, 0.1) is 15.7 Å². The second kappa shape index (κ2) is 15.7. The topological polar surface area (TPSA) is 167 Å². The summed E-state index contributed by atoms with van der Waals surface area (Å²) < 4.78 is 9.10. The van der Waals surface area contributed by atoms with Crippen LogP contribution in [0.5, 0.6) is 0 Å². The van der Waals surface area contributed by atoms with Crippen LogP contribution in [0.4, 0.5) is 0 Å². The van der Waals surface area contributed by atoms with Crippen LogP contribution < -0.4 is 11.1 Å². The molecule has 0 aromatic carbocycles. The number of carbonyl (C=O) groups excluding carboxylic acids is 1. The minimum Gasteiger partial charge on any atom is -0.348 e. The van der Waals surface area contributed by atoms with Gasteiger partial charge in [-0.2, -0.15) is 4.98 Å². The summed E-state index contributed by atoms with van der Waals surface area (Å²) in [6.07, 6.45) is 1.85. The van der Waals surface area contributed by atoms with Gasteiger partial charge < -0.3 is 9.84 Å². The minimum absolute atomic E-state index is 0. The van der Waals surface area contributed by atoms with Crippen molar-refractivity contribution in [1.82, 2.24) is 25.6 Å². The second-order valence-electron chi connectivity index (χ2n) is 13.1. The summed E-state index contributed by atoms with van der Waals surface area (Å²) in [5.74, 6) is 2.66. The van der Waals surface area contributed by atoms with Crippen LogP contribution in [0.1, 0.15) is 110 Å². The molecule has 13 heteroatoms. The first-order chi connectivity index (χ1) is 17.6. The molecule has 2 aliphatic rings. The van der Waals surface area contributed by atoms with Crippen molar-refractivity contribution in [2.45, 2.75) is 109 Å². The summed E-state index contributed by atoms with van der Waals surface area (Å²) in [6, 6.07) is 0. The zero-order valence-corrected chi connectivity index (χ0v) is 26.1. The predicted molar refractivity (Wildman–Crippen MR) is 170 cm³/mol. The standard InChI is InChI=1S/C7H12N2O.C7H12N2.C6H10N2O2.C6H10N2OS.2CH4/c1-7(2,3)6-8-4-5(10)9-6;1-7(2,3)6-8-4-5-9-6;1-6(2,3)4-7-5(9)10-8-4;1-6(2,3)4-7-5(10)9-8-4;;/h4H2,1-3H3,(H,8,9,10);4H,5H2,1-3H3;1-3H3,(H,7,8,9);1-3H3,(H,7,8,10);2*1H4.